The first kappa shape index (κ1) is 20.6. The van der Waals surface area contributed by atoms with Crippen molar-refractivity contribution < 1.29 is 4.79 Å². The molecular weight excluding hydrogens is 368 g/mol. The number of hydrogen-bond acceptors (Lipinski definition) is 6. The molecule has 3 heterocycles. The van der Waals surface area contributed by atoms with E-state index in [9.17, 15) is 9.59 Å². The van der Waals surface area contributed by atoms with Gasteiger partial charge in [-0.15, -0.1) is 0 Å². The zero-order chi connectivity index (χ0) is 20.8. The minimum atomic E-state index is -0.192. The Hall–Kier alpha value is -3.13. The molecule has 154 valence electrons. The Kier molecular flexibility index (Phi) is 6.66. The number of carbonyl (C=O) groups is 1. The van der Waals surface area contributed by atoms with Crippen LogP contribution in [0.2, 0.25) is 0 Å². The van der Waals surface area contributed by atoms with Gasteiger partial charge < -0.3 is 25.8 Å². The van der Waals surface area contributed by atoms with E-state index < -0.39 is 0 Å². The van der Waals surface area contributed by atoms with Crippen molar-refractivity contribution in [3.8, 4) is 11.3 Å². The zero-order valence-corrected chi connectivity index (χ0v) is 17.0. The Morgan fingerprint density at radius 1 is 1.38 bits per heavy atom. The number of rotatable bonds is 8. The quantitative estimate of drug-likeness (QED) is 0.506. The number of nitrogens with zero attached hydrogens (tertiary/aromatic N) is 2. The molecule has 2 aromatic rings. The molecule has 1 aliphatic heterocycles. The predicted octanol–water partition coefficient (Wildman–Crippen LogP) is 1.66. The van der Waals surface area contributed by atoms with E-state index in [0.717, 1.165) is 16.9 Å². The smallest absolute Gasteiger partial charge is 0.271 e. The van der Waals surface area contributed by atoms with Crippen LogP contribution in [0.3, 0.4) is 0 Å². The van der Waals surface area contributed by atoms with Gasteiger partial charge in [-0.05, 0) is 18.2 Å². The summed E-state index contributed by atoms with van der Waals surface area (Å²) in [7, 11) is 1.85. The van der Waals surface area contributed by atoms with Crippen LogP contribution in [0.1, 0.15) is 13.8 Å². The fourth-order valence-corrected chi connectivity index (χ4v) is 3.02. The second-order valence-corrected chi connectivity index (χ2v) is 7.36. The van der Waals surface area contributed by atoms with Gasteiger partial charge >= 0.3 is 0 Å². The predicted molar refractivity (Wildman–Crippen MR) is 116 cm³/mol. The van der Waals surface area contributed by atoms with Crippen molar-refractivity contribution in [3.05, 3.63) is 53.1 Å². The number of carbonyl (C=O) groups excluding carboxylic acids is 1. The maximum Gasteiger partial charge on any atom is 0.271 e. The fraction of sp³-hybridized carbons (Fsp3) is 0.381. The first-order chi connectivity index (χ1) is 14.0. The van der Waals surface area contributed by atoms with Gasteiger partial charge in [-0.1, -0.05) is 19.9 Å². The highest BCUT2D eigenvalue weighted by molar-refractivity contribution is 5.88. The number of aromatic nitrogens is 2. The normalized spacial score (nSPS) is 14.3. The second kappa shape index (κ2) is 9.38. The molecule has 0 unspecified atom stereocenters. The number of hydrogen-bond donors (Lipinski definition) is 4. The number of H-pyrrole nitrogens is 1. The average molecular weight is 396 g/mol. The molecule has 0 bridgehead atoms. The summed E-state index contributed by atoms with van der Waals surface area (Å²) in [4.78, 5) is 33.2. The van der Waals surface area contributed by atoms with Crippen molar-refractivity contribution in [2.75, 3.05) is 37.3 Å². The number of nitrogens with one attached hydrogen (secondary N) is 4. The molecule has 1 fully saturated rings. The molecule has 0 spiro atoms. The number of amides is 1. The number of pyridine rings is 2. The van der Waals surface area contributed by atoms with Gasteiger partial charge in [0.05, 0.1) is 11.7 Å². The lowest BCUT2D eigenvalue weighted by molar-refractivity contribution is -0.129. The van der Waals surface area contributed by atoms with Crippen LogP contribution in [0.5, 0.6) is 0 Å². The monoisotopic (exact) mass is 396 g/mol. The highest BCUT2D eigenvalue weighted by Crippen LogP contribution is 2.21. The Labute approximate surface area is 170 Å². The van der Waals surface area contributed by atoms with Crippen molar-refractivity contribution in [2.24, 2.45) is 0 Å². The topological polar surface area (TPSA) is 102 Å². The van der Waals surface area contributed by atoms with Crippen molar-refractivity contribution in [1.82, 2.24) is 20.2 Å². The Balaban J connectivity index is 1.58. The van der Waals surface area contributed by atoms with E-state index in [1.54, 1.807) is 29.4 Å². The van der Waals surface area contributed by atoms with E-state index in [1.807, 2.05) is 25.3 Å². The number of anilines is 2. The molecule has 29 heavy (non-hydrogen) atoms. The standard InChI is InChI=1S/C21H28N6O2/c1-14(2)23-7-4-5-20(28)27-12-17(13-27)26-19-9-15(11-25-21(19)29)18-10-16(22-3)6-8-24-18/h4-6,8-11,14,17,23,26H,7,12-13H2,1-3H3,(H,22,24)(H,25,29)/b5-4+. The highest BCUT2D eigenvalue weighted by Gasteiger charge is 2.29. The van der Waals surface area contributed by atoms with Gasteiger partial charge in [-0.3, -0.25) is 14.6 Å². The lowest BCUT2D eigenvalue weighted by Gasteiger charge is -2.39. The Morgan fingerprint density at radius 3 is 2.90 bits per heavy atom. The molecule has 0 atom stereocenters. The first-order valence-corrected chi connectivity index (χ1v) is 9.78. The van der Waals surface area contributed by atoms with Crippen LogP contribution in [-0.4, -0.2) is 59.5 Å². The molecule has 1 amide bonds. The third-order valence-electron chi connectivity index (χ3n) is 4.70. The van der Waals surface area contributed by atoms with Gasteiger partial charge in [-0.2, -0.15) is 0 Å². The van der Waals surface area contributed by atoms with Crippen LogP contribution in [0.15, 0.2) is 47.5 Å². The molecule has 4 N–H and O–H groups in total. The van der Waals surface area contributed by atoms with E-state index in [2.05, 4.69) is 39.8 Å². The summed E-state index contributed by atoms with van der Waals surface area (Å²) >= 11 is 0. The molecule has 3 rings (SSSR count). The summed E-state index contributed by atoms with van der Waals surface area (Å²) in [6.07, 6.45) is 6.81. The molecule has 8 heteroatoms. The van der Waals surface area contributed by atoms with E-state index >= 15 is 0 Å². The maximum absolute atomic E-state index is 12.2. The molecule has 1 aliphatic rings. The fourth-order valence-electron chi connectivity index (χ4n) is 3.02. The Bertz CT molecular complexity index is 931. The molecule has 1 saturated heterocycles. The summed E-state index contributed by atoms with van der Waals surface area (Å²) < 4.78 is 0. The highest BCUT2D eigenvalue weighted by atomic mass is 16.2. The van der Waals surface area contributed by atoms with Crippen LogP contribution < -0.4 is 21.5 Å². The Morgan fingerprint density at radius 2 is 2.17 bits per heavy atom. The molecule has 0 radical (unpaired) electrons. The summed E-state index contributed by atoms with van der Waals surface area (Å²) in [6, 6.07) is 6.03. The number of likely N-dealkylation sites (tertiary alicyclic amines) is 1. The van der Waals surface area contributed by atoms with Crippen molar-refractivity contribution >= 4 is 17.3 Å². The molecule has 8 nitrogen and oxygen atoms in total. The maximum atomic E-state index is 12.2. The summed E-state index contributed by atoms with van der Waals surface area (Å²) in [5, 5.41) is 9.55. The van der Waals surface area contributed by atoms with Crippen LogP contribution in [0.4, 0.5) is 11.4 Å². The molecular formula is C21H28N6O2. The van der Waals surface area contributed by atoms with Crippen molar-refractivity contribution in [3.63, 3.8) is 0 Å². The van der Waals surface area contributed by atoms with Gasteiger partial charge in [0.1, 0.15) is 5.69 Å². The molecule has 0 aliphatic carbocycles. The van der Waals surface area contributed by atoms with Gasteiger partial charge in [0.15, 0.2) is 0 Å². The van der Waals surface area contributed by atoms with Gasteiger partial charge in [0.2, 0.25) is 5.91 Å². The molecule has 2 aromatic heterocycles. The van der Waals surface area contributed by atoms with E-state index in [-0.39, 0.29) is 17.5 Å². The number of aromatic amines is 1. The van der Waals surface area contributed by atoms with Crippen molar-refractivity contribution in [2.45, 2.75) is 25.9 Å². The van der Waals surface area contributed by atoms with Gasteiger partial charge in [0.25, 0.3) is 5.56 Å². The third-order valence-corrected chi connectivity index (χ3v) is 4.70. The minimum Gasteiger partial charge on any atom is -0.388 e. The summed E-state index contributed by atoms with van der Waals surface area (Å²) in [5.41, 5.74) is 2.81. The summed E-state index contributed by atoms with van der Waals surface area (Å²) in [5.74, 6) is -0.00986. The van der Waals surface area contributed by atoms with E-state index in [1.165, 1.54) is 0 Å². The van der Waals surface area contributed by atoms with E-state index in [0.29, 0.717) is 31.4 Å². The first-order valence-electron chi connectivity index (χ1n) is 9.78. The van der Waals surface area contributed by atoms with Crippen LogP contribution >= 0.6 is 0 Å². The lowest BCUT2D eigenvalue weighted by Crippen LogP contribution is -2.57. The lowest BCUT2D eigenvalue weighted by atomic mass is 10.1. The van der Waals surface area contributed by atoms with Gasteiger partial charge in [-0.25, -0.2) is 0 Å². The van der Waals surface area contributed by atoms with Crippen LogP contribution in [-0.2, 0) is 4.79 Å². The van der Waals surface area contributed by atoms with Crippen LogP contribution in [0.25, 0.3) is 11.3 Å². The average Bonchev–Trinajstić information content (AvgIpc) is 2.68. The SMILES string of the molecule is CNc1ccnc(-c2c[nH]c(=O)c(NC3CN(C(=O)/C=C/CNC(C)C)C3)c2)c1. The van der Waals surface area contributed by atoms with E-state index in [4.69, 9.17) is 0 Å². The van der Waals surface area contributed by atoms with Gasteiger partial charge in [0, 0.05) is 62.4 Å². The molecule has 0 aromatic carbocycles. The second-order valence-electron chi connectivity index (χ2n) is 7.36. The molecule has 0 saturated carbocycles. The van der Waals surface area contributed by atoms with Crippen LogP contribution in [0, 0.1) is 0 Å². The minimum absolute atomic E-state index is 0.00986. The largest absolute Gasteiger partial charge is 0.388 e. The van der Waals surface area contributed by atoms with Crippen molar-refractivity contribution in [1.29, 1.82) is 0 Å². The zero-order valence-electron chi connectivity index (χ0n) is 17.0. The summed E-state index contributed by atoms with van der Waals surface area (Å²) in [6.45, 7) is 5.93. The third kappa shape index (κ3) is 5.45.